The molecule has 0 bridgehead atoms. The maximum absolute atomic E-state index is 3.89. The first-order valence-electron chi connectivity index (χ1n) is 4.93. The zero-order valence-corrected chi connectivity index (χ0v) is 8.03. The quantitative estimate of drug-likeness (QED) is 0.671. The number of aromatic nitrogens is 3. The number of nitrogens with zero attached hydrogens (tertiary/aromatic N) is 3. The summed E-state index contributed by atoms with van der Waals surface area (Å²) in [5.74, 6) is 0. The van der Waals surface area contributed by atoms with Crippen LogP contribution < -0.4 is 5.32 Å². The zero-order valence-electron chi connectivity index (χ0n) is 8.03. The highest BCUT2D eigenvalue weighted by molar-refractivity contribution is 4.93. The van der Waals surface area contributed by atoms with Crippen molar-refractivity contribution >= 4 is 0 Å². The van der Waals surface area contributed by atoms with Gasteiger partial charge in [-0.05, 0) is 32.2 Å². The van der Waals surface area contributed by atoms with Crippen LogP contribution in [0.5, 0.6) is 0 Å². The van der Waals surface area contributed by atoms with E-state index < -0.39 is 0 Å². The Morgan fingerprint density at radius 2 is 2.46 bits per heavy atom. The van der Waals surface area contributed by atoms with E-state index in [2.05, 4.69) is 15.6 Å². The minimum absolute atomic E-state index is 0.824. The van der Waals surface area contributed by atoms with E-state index in [0.29, 0.717) is 0 Å². The molecule has 72 valence electrons. The lowest BCUT2D eigenvalue weighted by atomic mass is 10.2. The van der Waals surface area contributed by atoms with Crippen LogP contribution in [0.3, 0.4) is 0 Å². The average molecular weight is 180 g/mol. The Hall–Kier alpha value is -0.900. The summed E-state index contributed by atoms with van der Waals surface area (Å²) in [7, 11) is 1.94. The first kappa shape index (κ1) is 8.69. The van der Waals surface area contributed by atoms with Crippen molar-refractivity contribution in [1.82, 2.24) is 20.3 Å². The number of aryl methyl sites for hydroxylation is 2. The van der Waals surface area contributed by atoms with Gasteiger partial charge in [0.2, 0.25) is 0 Å². The second kappa shape index (κ2) is 3.87. The lowest BCUT2D eigenvalue weighted by molar-refractivity contribution is 0.615. The van der Waals surface area contributed by atoms with Crippen LogP contribution in [-0.4, -0.2) is 27.6 Å². The van der Waals surface area contributed by atoms with Crippen molar-refractivity contribution in [2.24, 2.45) is 7.05 Å². The van der Waals surface area contributed by atoms with Gasteiger partial charge in [0, 0.05) is 13.1 Å². The van der Waals surface area contributed by atoms with E-state index in [-0.39, 0.29) is 0 Å². The Bertz CT molecular complexity index is 264. The normalized spacial score (nSPS) is 16.4. The van der Waals surface area contributed by atoms with Crippen molar-refractivity contribution < 1.29 is 0 Å². The van der Waals surface area contributed by atoms with Crippen molar-refractivity contribution in [2.45, 2.75) is 31.7 Å². The molecule has 1 saturated carbocycles. The summed E-state index contributed by atoms with van der Waals surface area (Å²) >= 11 is 0. The van der Waals surface area contributed by atoms with Crippen molar-refractivity contribution in [1.29, 1.82) is 0 Å². The number of nitrogens with one attached hydrogen (secondary N) is 1. The number of hydrogen-bond acceptors (Lipinski definition) is 3. The van der Waals surface area contributed by atoms with Crippen LogP contribution in [0, 0.1) is 0 Å². The third-order valence-corrected chi connectivity index (χ3v) is 2.43. The zero-order chi connectivity index (χ0) is 9.10. The molecule has 0 spiro atoms. The van der Waals surface area contributed by atoms with Gasteiger partial charge in [-0.15, -0.1) is 5.10 Å². The number of rotatable bonds is 5. The Labute approximate surface area is 78.3 Å². The fraction of sp³-hybridized carbons (Fsp3) is 0.778. The summed E-state index contributed by atoms with van der Waals surface area (Å²) in [5, 5.41) is 11.2. The Morgan fingerprint density at radius 3 is 3.08 bits per heavy atom. The summed E-state index contributed by atoms with van der Waals surface area (Å²) in [5.41, 5.74) is 1.22. The van der Waals surface area contributed by atoms with Gasteiger partial charge in [-0.1, -0.05) is 5.21 Å². The molecule has 1 N–H and O–H groups in total. The molecule has 2 rings (SSSR count). The van der Waals surface area contributed by atoms with Gasteiger partial charge >= 0.3 is 0 Å². The second-order valence-corrected chi connectivity index (χ2v) is 3.68. The third kappa shape index (κ3) is 2.52. The van der Waals surface area contributed by atoms with Gasteiger partial charge in [0.05, 0.1) is 11.9 Å². The monoisotopic (exact) mass is 180 g/mol. The van der Waals surface area contributed by atoms with Gasteiger partial charge in [0.15, 0.2) is 0 Å². The van der Waals surface area contributed by atoms with Crippen molar-refractivity contribution in [3.8, 4) is 0 Å². The lowest BCUT2D eigenvalue weighted by Gasteiger charge is -2.02. The number of hydrogen-bond donors (Lipinski definition) is 1. The molecule has 1 aromatic heterocycles. The molecular formula is C9H16N4. The molecule has 1 aromatic rings. The summed E-state index contributed by atoms with van der Waals surface area (Å²) < 4.78 is 1.84. The molecule has 0 amide bonds. The van der Waals surface area contributed by atoms with Crippen LogP contribution in [-0.2, 0) is 13.5 Å². The maximum Gasteiger partial charge on any atom is 0.0724 e. The van der Waals surface area contributed by atoms with Crippen LogP contribution in [0.1, 0.15) is 25.0 Å². The molecule has 4 nitrogen and oxygen atoms in total. The predicted octanol–water partition coefficient (Wildman–Crippen LogP) is 0.500. The van der Waals surface area contributed by atoms with Gasteiger partial charge in [0.25, 0.3) is 0 Å². The minimum atomic E-state index is 0.824. The highest BCUT2D eigenvalue weighted by atomic mass is 15.4. The Kier molecular flexibility index (Phi) is 2.59. The smallest absolute Gasteiger partial charge is 0.0724 e. The van der Waals surface area contributed by atoms with Crippen LogP contribution in [0.25, 0.3) is 0 Å². The van der Waals surface area contributed by atoms with E-state index in [1.54, 1.807) is 0 Å². The van der Waals surface area contributed by atoms with E-state index in [9.17, 15) is 0 Å². The molecule has 0 saturated heterocycles. The van der Waals surface area contributed by atoms with Crippen LogP contribution in [0.2, 0.25) is 0 Å². The fourth-order valence-electron chi connectivity index (χ4n) is 1.40. The molecule has 0 aliphatic heterocycles. The summed E-state index contributed by atoms with van der Waals surface area (Å²) in [6.45, 7) is 1.12. The Balaban J connectivity index is 1.64. The van der Waals surface area contributed by atoms with E-state index in [1.807, 2.05) is 17.9 Å². The van der Waals surface area contributed by atoms with Gasteiger partial charge in [0.1, 0.15) is 0 Å². The van der Waals surface area contributed by atoms with Crippen molar-refractivity contribution in [3.63, 3.8) is 0 Å². The van der Waals surface area contributed by atoms with Crippen LogP contribution >= 0.6 is 0 Å². The molecule has 1 fully saturated rings. The average Bonchev–Trinajstić information content (AvgIpc) is 2.86. The van der Waals surface area contributed by atoms with Gasteiger partial charge in [-0.2, -0.15) is 0 Å². The van der Waals surface area contributed by atoms with E-state index >= 15 is 0 Å². The molecule has 0 radical (unpaired) electrons. The largest absolute Gasteiger partial charge is 0.314 e. The molecule has 13 heavy (non-hydrogen) atoms. The van der Waals surface area contributed by atoms with E-state index in [4.69, 9.17) is 0 Å². The SMILES string of the molecule is Cn1nncc1CCCNC1CC1. The highest BCUT2D eigenvalue weighted by Gasteiger charge is 2.19. The van der Waals surface area contributed by atoms with E-state index in [0.717, 1.165) is 19.0 Å². The molecule has 0 atom stereocenters. The van der Waals surface area contributed by atoms with E-state index in [1.165, 1.54) is 25.0 Å². The Morgan fingerprint density at radius 1 is 1.62 bits per heavy atom. The summed E-state index contributed by atoms with van der Waals surface area (Å²) in [6.07, 6.45) is 6.83. The topological polar surface area (TPSA) is 42.7 Å². The molecule has 1 heterocycles. The lowest BCUT2D eigenvalue weighted by Crippen LogP contribution is -2.18. The third-order valence-electron chi connectivity index (χ3n) is 2.43. The molecule has 1 aliphatic carbocycles. The van der Waals surface area contributed by atoms with Crippen LogP contribution in [0.15, 0.2) is 6.20 Å². The van der Waals surface area contributed by atoms with Crippen molar-refractivity contribution in [2.75, 3.05) is 6.54 Å². The minimum Gasteiger partial charge on any atom is -0.314 e. The van der Waals surface area contributed by atoms with Gasteiger partial charge < -0.3 is 5.32 Å². The fourth-order valence-corrected chi connectivity index (χ4v) is 1.40. The van der Waals surface area contributed by atoms with Crippen molar-refractivity contribution in [3.05, 3.63) is 11.9 Å². The predicted molar refractivity (Wildman–Crippen MR) is 50.3 cm³/mol. The molecular weight excluding hydrogens is 164 g/mol. The second-order valence-electron chi connectivity index (χ2n) is 3.68. The first-order valence-corrected chi connectivity index (χ1v) is 4.93. The first-order chi connectivity index (χ1) is 6.36. The molecule has 0 aromatic carbocycles. The molecule has 1 aliphatic rings. The molecule has 0 unspecified atom stereocenters. The standard InChI is InChI=1S/C9H16N4/c1-13-9(7-11-12-13)3-2-6-10-8-4-5-8/h7-8,10H,2-6H2,1H3. The maximum atomic E-state index is 3.89. The summed E-state index contributed by atoms with van der Waals surface area (Å²) in [6, 6.07) is 0.824. The summed E-state index contributed by atoms with van der Waals surface area (Å²) in [4.78, 5) is 0. The van der Waals surface area contributed by atoms with Gasteiger partial charge in [-0.25, -0.2) is 0 Å². The van der Waals surface area contributed by atoms with Crippen LogP contribution in [0.4, 0.5) is 0 Å². The molecule has 4 heteroatoms. The van der Waals surface area contributed by atoms with Gasteiger partial charge in [-0.3, -0.25) is 4.68 Å². The highest BCUT2D eigenvalue weighted by Crippen LogP contribution is 2.18.